The Morgan fingerprint density at radius 2 is 1.70 bits per heavy atom. The number of rotatable bonds is 7. The van der Waals surface area contributed by atoms with Crippen molar-refractivity contribution < 1.29 is 26.4 Å². The number of carbonyl (C=O) groups excluding carboxylic acids is 1. The lowest BCUT2D eigenvalue weighted by Gasteiger charge is -2.17. The minimum atomic E-state index is -4.58. The highest BCUT2D eigenvalue weighted by Gasteiger charge is 2.36. The molecule has 0 aromatic heterocycles. The van der Waals surface area contributed by atoms with Crippen LogP contribution in [0.25, 0.3) is 11.1 Å². The van der Waals surface area contributed by atoms with E-state index in [1.807, 2.05) is 35.8 Å². The van der Waals surface area contributed by atoms with E-state index in [1.54, 1.807) is 12.1 Å². The van der Waals surface area contributed by atoms with Gasteiger partial charge in [0.15, 0.2) is 9.84 Å². The van der Waals surface area contributed by atoms with Crippen LogP contribution >= 0.6 is 0 Å². The molecular weight excluding hydrogens is 503 g/mol. The van der Waals surface area contributed by atoms with Gasteiger partial charge in [0.05, 0.1) is 16.2 Å². The fraction of sp³-hybridized carbons (Fsp3) is 0.185. The maximum absolute atomic E-state index is 13.7. The van der Waals surface area contributed by atoms with Crippen molar-refractivity contribution >= 4 is 21.5 Å². The van der Waals surface area contributed by atoms with E-state index in [0.717, 1.165) is 29.0 Å². The van der Waals surface area contributed by atoms with Crippen molar-refractivity contribution in [2.24, 2.45) is 16.8 Å². The molecule has 0 aliphatic carbocycles. The fourth-order valence-corrected chi connectivity index (χ4v) is 4.91. The summed E-state index contributed by atoms with van der Waals surface area (Å²) in [6.45, 7) is 0. The number of nitrogens with two attached hydrogens (primary N) is 1. The van der Waals surface area contributed by atoms with Crippen molar-refractivity contribution in [1.29, 1.82) is 0 Å². The van der Waals surface area contributed by atoms with Gasteiger partial charge in [-0.25, -0.2) is 19.3 Å². The molecule has 1 amide bonds. The zero-order valence-corrected chi connectivity index (χ0v) is 20.6. The van der Waals surface area contributed by atoms with Gasteiger partial charge in [0.25, 0.3) is 5.91 Å². The van der Waals surface area contributed by atoms with Crippen LogP contribution in [0.3, 0.4) is 0 Å². The van der Waals surface area contributed by atoms with E-state index < -0.39 is 33.4 Å². The molecule has 37 heavy (non-hydrogen) atoms. The lowest BCUT2D eigenvalue weighted by atomic mass is 9.89. The predicted molar refractivity (Wildman–Crippen MR) is 135 cm³/mol. The molecule has 3 N–H and O–H groups in total. The molecule has 3 aromatic rings. The number of amides is 1. The standard InChI is InChI=1S/C27H24F3N3O3S/c1-37(35,36)21-6-4-5-19(15-21)18-12-9-17(10-13-18)11-14-20-16-24(26(34)33-31)32-25(20)22-7-2-3-8-23(22)27(28,29)30/h2-10,12-13,15-16,20H,11,14,31H2,1H3,(H,33,34). The molecule has 1 heterocycles. The average molecular weight is 528 g/mol. The lowest BCUT2D eigenvalue weighted by molar-refractivity contribution is -0.137. The summed E-state index contributed by atoms with van der Waals surface area (Å²) < 4.78 is 64.7. The topological polar surface area (TPSA) is 102 Å². The Labute approximate surface area is 212 Å². The molecule has 0 radical (unpaired) electrons. The smallest absolute Gasteiger partial charge is 0.289 e. The Bertz CT molecular complexity index is 1500. The molecule has 10 heteroatoms. The molecule has 0 fully saturated rings. The first-order valence-corrected chi connectivity index (χ1v) is 13.2. The van der Waals surface area contributed by atoms with Crippen molar-refractivity contribution in [3.05, 3.63) is 101 Å². The molecule has 0 spiro atoms. The van der Waals surface area contributed by atoms with Crippen molar-refractivity contribution in [2.45, 2.75) is 23.9 Å². The Hall–Kier alpha value is -3.76. The van der Waals surface area contributed by atoms with Crippen molar-refractivity contribution in [1.82, 2.24) is 5.43 Å². The summed E-state index contributed by atoms with van der Waals surface area (Å²) in [5, 5.41) is 0. The summed E-state index contributed by atoms with van der Waals surface area (Å²) in [7, 11) is -3.34. The first-order valence-electron chi connectivity index (χ1n) is 11.3. The van der Waals surface area contributed by atoms with E-state index in [0.29, 0.717) is 12.8 Å². The van der Waals surface area contributed by atoms with Crippen LogP contribution in [0.2, 0.25) is 0 Å². The van der Waals surface area contributed by atoms with Gasteiger partial charge in [-0.1, -0.05) is 54.6 Å². The highest BCUT2D eigenvalue weighted by molar-refractivity contribution is 7.90. The number of hydrazine groups is 1. The highest BCUT2D eigenvalue weighted by atomic mass is 32.2. The molecule has 0 saturated heterocycles. The number of hydrogen-bond acceptors (Lipinski definition) is 5. The molecule has 0 bridgehead atoms. The van der Waals surface area contributed by atoms with Crippen molar-refractivity contribution in [3.8, 4) is 11.1 Å². The van der Waals surface area contributed by atoms with E-state index in [4.69, 9.17) is 5.84 Å². The van der Waals surface area contributed by atoms with Gasteiger partial charge >= 0.3 is 6.18 Å². The van der Waals surface area contributed by atoms with Gasteiger partial charge in [-0.05, 0) is 53.8 Å². The van der Waals surface area contributed by atoms with E-state index >= 15 is 0 Å². The highest BCUT2D eigenvalue weighted by Crippen LogP contribution is 2.36. The minimum Gasteiger partial charge on any atom is -0.289 e. The number of nitrogens with one attached hydrogen (secondary N) is 1. The molecule has 1 unspecified atom stereocenters. The van der Waals surface area contributed by atoms with Crippen LogP contribution < -0.4 is 11.3 Å². The molecule has 1 atom stereocenters. The van der Waals surface area contributed by atoms with Gasteiger partial charge in [-0.2, -0.15) is 13.2 Å². The molecule has 6 nitrogen and oxygen atoms in total. The number of sulfone groups is 1. The molecule has 0 saturated carbocycles. The van der Waals surface area contributed by atoms with Crippen molar-refractivity contribution in [3.63, 3.8) is 0 Å². The summed E-state index contributed by atoms with van der Waals surface area (Å²) in [6, 6.07) is 19.3. The number of hydrogen-bond donors (Lipinski definition) is 2. The van der Waals surface area contributed by atoms with Crippen LogP contribution in [-0.2, 0) is 27.2 Å². The van der Waals surface area contributed by atoms with Gasteiger partial charge in [0, 0.05) is 17.7 Å². The summed E-state index contributed by atoms with van der Waals surface area (Å²) in [5.41, 5.74) is 3.74. The maximum Gasteiger partial charge on any atom is 0.417 e. The second kappa shape index (κ2) is 10.3. The Kier molecular flexibility index (Phi) is 7.33. The third-order valence-corrected chi connectivity index (χ3v) is 7.23. The van der Waals surface area contributed by atoms with Crippen LogP contribution in [0, 0.1) is 5.92 Å². The van der Waals surface area contributed by atoms with Gasteiger partial charge < -0.3 is 0 Å². The Balaban J connectivity index is 1.57. The predicted octanol–water partition coefficient (Wildman–Crippen LogP) is 4.70. The Morgan fingerprint density at radius 1 is 1.00 bits per heavy atom. The third-order valence-electron chi connectivity index (χ3n) is 6.12. The minimum absolute atomic E-state index is 0.0272. The molecule has 4 rings (SSSR count). The van der Waals surface area contributed by atoms with Gasteiger partial charge in [0.2, 0.25) is 0 Å². The number of halogens is 3. The van der Waals surface area contributed by atoms with Crippen LogP contribution in [0.1, 0.15) is 23.1 Å². The number of nitrogens with zero attached hydrogens (tertiary/aromatic N) is 1. The summed E-state index contributed by atoms with van der Waals surface area (Å²) in [6.07, 6.45) is -0.965. The number of alkyl halides is 3. The van der Waals surface area contributed by atoms with Crippen LogP contribution in [0.4, 0.5) is 13.2 Å². The fourth-order valence-electron chi connectivity index (χ4n) is 4.25. The van der Waals surface area contributed by atoms with Crippen LogP contribution in [-0.4, -0.2) is 26.3 Å². The number of aliphatic imine (C=N–C) groups is 1. The van der Waals surface area contributed by atoms with E-state index in [-0.39, 0.29) is 21.9 Å². The Morgan fingerprint density at radius 3 is 2.35 bits per heavy atom. The van der Waals surface area contributed by atoms with Crippen molar-refractivity contribution in [2.75, 3.05) is 6.26 Å². The first kappa shape index (κ1) is 26.3. The average Bonchev–Trinajstić information content (AvgIpc) is 3.30. The second-order valence-corrected chi connectivity index (χ2v) is 10.7. The second-order valence-electron chi connectivity index (χ2n) is 8.71. The molecule has 192 valence electrons. The van der Waals surface area contributed by atoms with Gasteiger partial charge in [-0.3, -0.25) is 10.2 Å². The first-order chi connectivity index (χ1) is 17.5. The quantitative estimate of drug-likeness (QED) is 0.264. The van der Waals surface area contributed by atoms with E-state index in [2.05, 4.69) is 4.99 Å². The van der Waals surface area contributed by atoms with E-state index in [9.17, 15) is 26.4 Å². The number of allylic oxidation sites excluding steroid dienone is 1. The maximum atomic E-state index is 13.7. The van der Waals surface area contributed by atoms with E-state index in [1.165, 1.54) is 30.3 Å². The van der Waals surface area contributed by atoms with Crippen LogP contribution in [0.15, 0.2) is 94.5 Å². The monoisotopic (exact) mass is 527 g/mol. The zero-order chi connectivity index (χ0) is 26.8. The molecular formula is C27H24F3N3O3S. The zero-order valence-electron chi connectivity index (χ0n) is 19.8. The summed E-state index contributed by atoms with van der Waals surface area (Å²) in [5.74, 6) is 4.02. The normalized spacial score (nSPS) is 15.8. The van der Waals surface area contributed by atoms with Crippen LogP contribution in [0.5, 0.6) is 0 Å². The molecule has 1 aliphatic rings. The van der Waals surface area contributed by atoms with Gasteiger partial charge in [-0.15, -0.1) is 0 Å². The summed E-state index contributed by atoms with van der Waals surface area (Å²) >= 11 is 0. The number of aryl methyl sites for hydroxylation is 1. The largest absolute Gasteiger partial charge is 0.417 e. The molecule has 1 aliphatic heterocycles. The number of carbonyl (C=O) groups is 1. The third kappa shape index (κ3) is 5.98. The lowest BCUT2D eigenvalue weighted by Crippen LogP contribution is -2.30. The summed E-state index contributed by atoms with van der Waals surface area (Å²) in [4.78, 5) is 16.5. The molecule has 3 aromatic carbocycles. The SMILES string of the molecule is CS(=O)(=O)c1cccc(-c2ccc(CCC3C=C(C(=O)NN)N=C3c3ccccc3C(F)(F)F)cc2)c1. The van der Waals surface area contributed by atoms with Gasteiger partial charge in [0.1, 0.15) is 5.70 Å². The number of benzene rings is 3.